The first-order valence-electron chi connectivity index (χ1n) is 6.78. The highest BCUT2D eigenvalue weighted by Gasteiger charge is 2.21. The van der Waals surface area contributed by atoms with Crippen LogP contribution in [0.2, 0.25) is 0 Å². The molecule has 1 aromatic rings. The van der Waals surface area contributed by atoms with E-state index in [4.69, 9.17) is 0 Å². The van der Waals surface area contributed by atoms with Crippen LogP contribution >= 0.6 is 0 Å². The second-order valence-corrected chi connectivity index (χ2v) is 4.99. The van der Waals surface area contributed by atoms with E-state index in [1.807, 2.05) is 19.1 Å². The van der Waals surface area contributed by atoms with Gasteiger partial charge in [0.2, 0.25) is 0 Å². The summed E-state index contributed by atoms with van der Waals surface area (Å²) in [6.45, 7) is 3.76. The van der Waals surface area contributed by atoms with E-state index in [1.54, 1.807) is 11.1 Å². The molecule has 5 heteroatoms. The molecule has 1 aliphatic heterocycles. The van der Waals surface area contributed by atoms with E-state index in [2.05, 4.69) is 10.3 Å². The van der Waals surface area contributed by atoms with E-state index in [9.17, 15) is 9.90 Å². The maximum atomic E-state index is 11.9. The maximum Gasteiger partial charge on any atom is 0.317 e. The molecule has 1 atom stereocenters. The van der Waals surface area contributed by atoms with Crippen LogP contribution in [0.5, 0.6) is 0 Å². The molecule has 5 nitrogen and oxygen atoms in total. The summed E-state index contributed by atoms with van der Waals surface area (Å²) < 4.78 is 0. The molecule has 1 aliphatic rings. The van der Waals surface area contributed by atoms with E-state index in [0.717, 1.165) is 37.1 Å². The van der Waals surface area contributed by atoms with Gasteiger partial charge in [-0.25, -0.2) is 4.79 Å². The minimum Gasteiger partial charge on any atom is -0.391 e. The Bertz CT molecular complexity index is 436. The Balaban J connectivity index is 1.76. The zero-order chi connectivity index (χ0) is 13.7. The Morgan fingerprint density at radius 2 is 2.47 bits per heavy atom. The van der Waals surface area contributed by atoms with Gasteiger partial charge in [-0.2, -0.15) is 0 Å². The molecule has 19 heavy (non-hydrogen) atoms. The zero-order valence-electron chi connectivity index (χ0n) is 11.3. The molecule has 2 rings (SSSR count). The Morgan fingerprint density at radius 3 is 3.21 bits per heavy atom. The van der Waals surface area contributed by atoms with Crippen LogP contribution in [0.4, 0.5) is 4.79 Å². The normalized spacial score (nSPS) is 19.3. The average molecular weight is 263 g/mol. The first-order chi connectivity index (χ1) is 9.16. The summed E-state index contributed by atoms with van der Waals surface area (Å²) in [5, 5.41) is 12.4. The Kier molecular flexibility index (Phi) is 4.74. The molecule has 0 aromatic carbocycles. The van der Waals surface area contributed by atoms with Crippen molar-refractivity contribution in [2.75, 3.05) is 19.6 Å². The van der Waals surface area contributed by atoms with Gasteiger partial charge in [0, 0.05) is 37.9 Å². The molecular formula is C14H21N3O2. The lowest BCUT2D eigenvalue weighted by Gasteiger charge is -2.30. The molecule has 1 aromatic heterocycles. The van der Waals surface area contributed by atoms with Crippen molar-refractivity contribution in [1.82, 2.24) is 15.2 Å². The fraction of sp³-hybridized carbons (Fsp3) is 0.571. The predicted molar refractivity (Wildman–Crippen MR) is 72.9 cm³/mol. The number of nitrogens with one attached hydrogen (secondary N) is 1. The molecule has 2 N–H and O–H groups in total. The number of hydrogen-bond acceptors (Lipinski definition) is 3. The van der Waals surface area contributed by atoms with Crippen LogP contribution in [-0.4, -0.2) is 46.8 Å². The summed E-state index contributed by atoms with van der Waals surface area (Å²) >= 11 is 0. The summed E-state index contributed by atoms with van der Waals surface area (Å²) in [7, 11) is 0. The summed E-state index contributed by atoms with van der Waals surface area (Å²) in [6, 6.07) is 3.84. The van der Waals surface area contributed by atoms with Crippen molar-refractivity contribution in [3.8, 4) is 0 Å². The number of urea groups is 1. The van der Waals surface area contributed by atoms with E-state index >= 15 is 0 Å². The third kappa shape index (κ3) is 3.92. The van der Waals surface area contributed by atoms with Crippen molar-refractivity contribution in [1.29, 1.82) is 0 Å². The van der Waals surface area contributed by atoms with Crippen LogP contribution in [0.15, 0.2) is 18.3 Å². The van der Waals surface area contributed by atoms with Gasteiger partial charge in [-0.1, -0.05) is 6.07 Å². The van der Waals surface area contributed by atoms with Gasteiger partial charge in [0.1, 0.15) is 0 Å². The molecule has 1 fully saturated rings. The SMILES string of the molecule is Cc1cccnc1CCNC(=O)N1CCCC(O)C1. The Hall–Kier alpha value is -1.62. The van der Waals surface area contributed by atoms with Gasteiger partial charge in [-0.05, 0) is 31.4 Å². The van der Waals surface area contributed by atoms with Gasteiger partial charge in [0.05, 0.1) is 6.10 Å². The number of nitrogens with zero attached hydrogens (tertiary/aromatic N) is 2. The van der Waals surface area contributed by atoms with Gasteiger partial charge in [-0.15, -0.1) is 0 Å². The number of rotatable bonds is 3. The molecule has 2 amide bonds. The summed E-state index contributed by atoms with van der Waals surface area (Å²) in [4.78, 5) is 17.9. The van der Waals surface area contributed by atoms with Crippen molar-refractivity contribution >= 4 is 6.03 Å². The van der Waals surface area contributed by atoms with E-state index < -0.39 is 0 Å². The molecule has 2 heterocycles. The second-order valence-electron chi connectivity index (χ2n) is 4.99. The molecule has 104 valence electrons. The predicted octanol–water partition coefficient (Wildman–Crippen LogP) is 1.10. The van der Waals surface area contributed by atoms with Gasteiger partial charge in [-0.3, -0.25) is 4.98 Å². The second kappa shape index (κ2) is 6.52. The van der Waals surface area contributed by atoms with Crippen LogP contribution in [0.25, 0.3) is 0 Å². The maximum absolute atomic E-state index is 11.9. The highest BCUT2D eigenvalue weighted by molar-refractivity contribution is 5.74. The topological polar surface area (TPSA) is 65.5 Å². The number of carbonyl (C=O) groups excluding carboxylic acids is 1. The van der Waals surface area contributed by atoms with Crippen LogP contribution in [-0.2, 0) is 6.42 Å². The average Bonchev–Trinajstić information content (AvgIpc) is 2.41. The number of pyridine rings is 1. The number of amides is 2. The van der Waals surface area contributed by atoms with Crippen molar-refractivity contribution in [2.45, 2.75) is 32.3 Å². The first-order valence-corrected chi connectivity index (χ1v) is 6.78. The standard InChI is InChI=1S/C14H21N3O2/c1-11-4-2-7-15-13(11)6-8-16-14(19)17-9-3-5-12(18)10-17/h2,4,7,12,18H,3,5-6,8-10H2,1H3,(H,16,19). The largest absolute Gasteiger partial charge is 0.391 e. The number of carbonyl (C=O) groups is 1. The monoisotopic (exact) mass is 263 g/mol. The molecule has 0 radical (unpaired) electrons. The van der Waals surface area contributed by atoms with Gasteiger partial charge in [0.15, 0.2) is 0 Å². The Morgan fingerprint density at radius 1 is 1.63 bits per heavy atom. The number of piperidine rings is 1. The van der Waals surface area contributed by atoms with E-state index in [0.29, 0.717) is 13.1 Å². The minimum absolute atomic E-state index is 0.0904. The van der Waals surface area contributed by atoms with Crippen LogP contribution in [0, 0.1) is 6.92 Å². The fourth-order valence-corrected chi connectivity index (χ4v) is 2.32. The number of aliphatic hydroxyl groups excluding tert-OH is 1. The van der Waals surface area contributed by atoms with E-state index in [1.165, 1.54) is 0 Å². The summed E-state index contributed by atoms with van der Waals surface area (Å²) in [5.41, 5.74) is 2.16. The number of aliphatic hydroxyl groups is 1. The number of hydrogen-bond donors (Lipinski definition) is 2. The van der Waals surface area contributed by atoms with Crippen molar-refractivity contribution in [3.05, 3.63) is 29.6 Å². The lowest BCUT2D eigenvalue weighted by Crippen LogP contribution is -2.47. The smallest absolute Gasteiger partial charge is 0.317 e. The molecule has 1 unspecified atom stereocenters. The van der Waals surface area contributed by atoms with Gasteiger partial charge < -0.3 is 15.3 Å². The zero-order valence-corrected chi connectivity index (χ0v) is 11.3. The third-order valence-electron chi connectivity index (χ3n) is 3.44. The lowest BCUT2D eigenvalue weighted by atomic mass is 10.1. The number of aromatic nitrogens is 1. The third-order valence-corrected chi connectivity index (χ3v) is 3.44. The van der Waals surface area contributed by atoms with Gasteiger partial charge >= 0.3 is 6.03 Å². The summed E-state index contributed by atoms with van der Waals surface area (Å²) in [6.07, 6.45) is 3.78. The van der Waals surface area contributed by atoms with Crippen LogP contribution in [0.3, 0.4) is 0 Å². The molecule has 0 aliphatic carbocycles. The first kappa shape index (κ1) is 13.8. The van der Waals surface area contributed by atoms with E-state index in [-0.39, 0.29) is 12.1 Å². The number of aryl methyl sites for hydroxylation is 1. The van der Waals surface area contributed by atoms with Crippen LogP contribution < -0.4 is 5.32 Å². The Labute approximate surface area is 113 Å². The summed E-state index contributed by atoms with van der Waals surface area (Å²) in [5.74, 6) is 0. The van der Waals surface area contributed by atoms with Crippen molar-refractivity contribution in [3.63, 3.8) is 0 Å². The number of β-amino-alcohol motifs (C(OH)–C–C–N with tert-alkyl or cyclic N) is 1. The van der Waals surface area contributed by atoms with Crippen molar-refractivity contribution in [2.24, 2.45) is 0 Å². The minimum atomic E-state index is -0.377. The molecule has 1 saturated heterocycles. The fourth-order valence-electron chi connectivity index (χ4n) is 2.32. The molecular weight excluding hydrogens is 242 g/mol. The van der Waals surface area contributed by atoms with Crippen molar-refractivity contribution < 1.29 is 9.90 Å². The molecule has 0 bridgehead atoms. The lowest BCUT2D eigenvalue weighted by molar-refractivity contribution is 0.0843. The van der Waals surface area contributed by atoms with Crippen LogP contribution in [0.1, 0.15) is 24.1 Å². The molecule has 0 saturated carbocycles. The van der Waals surface area contributed by atoms with Gasteiger partial charge in [0.25, 0.3) is 0 Å². The number of likely N-dealkylation sites (tertiary alicyclic amines) is 1. The highest BCUT2D eigenvalue weighted by atomic mass is 16.3. The molecule has 0 spiro atoms. The highest BCUT2D eigenvalue weighted by Crippen LogP contribution is 2.09. The quantitative estimate of drug-likeness (QED) is 0.858.